The van der Waals surface area contributed by atoms with Gasteiger partial charge in [-0.1, -0.05) is 5.16 Å². The first-order valence-corrected chi connectivity index (χ1v) is 6.92. The summed E-state index contributed by atoms with van der Waals surface area (Å²) >= 11 is 0. The number of halogens is 1. The van der Waals surface area contributed by atoms with Crippen LogP contribution in [0.5, 0.6) is 0 Å². The average Bonchev–Trinajstić information content (AvgIpc) is 2.88. The van der Waals surface area contributed by atoms with E-state index >= 15 is 0 Å². The number of fused-ring (bicyclic) bond motifs is 1. The molecule has 0 unspecified atom stereocenters. The lowest BCUT2D eigenvalue weighted by Crippen LogP contribution is -2.33. The number of hydrogen-bond donors (Lipinski definition) is 0. The van der Waals surface area contributed by atoms with Crippen molar-refractivity contribution < 1.29 is 8.91 Å². The van der Waals surface area contributed by atoms with Gasteiger partial charge in [-0.15, -0.1) is 0 Å². The van der Waals surface area contributed by atoms with E-state index in [4.69, 9.17) is 9.78 Å². The minimum absolute atomic E-state index is 0.300. The first-order valence-electron chi connectivity index (χ1n) is 6.92. The van der Waals surface area contributed by atoms with Crippen LogP contribution in [-0.2, 0) is 0 Å². The number of benzene rings is 1. The van der Waals surface area contributed by atoms with E-state index in [-0.39, 0.29) is 5.82 Å². The number of rotatable bonds is 3. The lowest BCUT2D eigenvalue weighted by molar-refractivity contribution is 0.213. The van der Waals surface area contributed by atoms with Gasteiger partial charge < -0.3 is 9.42 Å². The monoisotopic (exact) mass is 273 g/mol. The fourth-order valence-electron chi connectivity index (χ4n) is 2.86. The fourth-order valence-corrected chi connectivity index (χ4v) is 2.86. The van der Waals surface area contributed by atoms with Gasteiger partial charge in [0.1, 0.15) is 5.82 Å². The molecule has 0 atom stereocenters. The van der Waals surface area contributed by atoms with Gasteiger partial charge in [-0.3, -0.25) is 0 Å². The second-order valence-corrected chi connectivity index (χ2v) is 5.23. The molecule has 20 heavy (non-hydrogen) atoms. The summed E-state index contributed by atoms with van der Waals surface area (Å²) in [5.74, 6) is 0.0616. The smallest absolute Gasteiger partial charge is 0.170 e. The number of aromatic nitrogens is 1. The number of likely N-dealkylation sites (tertiary alicyclic amines) is 1. The molecule has 0 radical (unpaired) electrons. The molecule has 1 aromatic carbocycles. The van der Waals surface area contributed by atoms with E-state index in [2.05, 4.69) is 16.1 Å². The van der Waals surface area contributed by atoms with E-state index in [1.807, 2.05) is 0 Å². The highest BCUT2D eigenvalue weighted by Gasteiger charge is 2.24. The average molecular weight is 273 g/mol. The molecule has 0 aliphatic carbocycles. The largest absolute Gasteiger partial charge is 0.356 e. The van der Waals surface area contributed by atoms with Gasteiger partial charge in [0.2, 0.25) is 0 Å². The fraction of sp³-hybridized carbons (Fsp3) is 0.467. The van der Waals surface area contributed by atoms with Gasteiger partial charge in [-0.05, 0) is 38.1 Å². The van der Waals surface area contributed by atoms with Gasteiger partial charge in [0.15, 0.2) is 5.58 Å². The van der Waals surface area contributed by atoms with Crippen molar-refractivity contribution in [1.82, 2.24) is 10.1 Å². The van der Waals surface area contributed by atoms with E-state index < -0.39 is 0 Å². The Morgan fingerprint density at radius 1 is 1.40 bits per heavy atom. The van der Waals surface area contributed by atoms with Gasteiger partial charge in [0.25, 0.3) is 0 Å². The molecule has 1 fully saturated rings. The minimum atomic E-state index is -0.300. The Balaban J connectivity index is 1.72. The molecule has 5 heteroatoms. The number of nitriles is 1. The lowest BCUT2D eigenvalue weighted by atomic mass is 9.91. The van der Waals surface area contributed by atoms with Gasteiger partial charge >= 0.3 is 0 Å². The molecule has 2 aromatic rings. The summed E-state index contributed by atoms with van der Waals surface area (Å²) in [4.78, 5) is 2.31. The molecule has 0 amide bonds. The molecule has 0 spiro atoms. The van der Waals surface area contributed by atoms with Crippen LogP contribution in [0.1, 0.15) is 30.9 Å². The maximum atomic E-state index is 13.1. The van der Waals surface area contributed by atoms with Gasteiger partial charge in [-0.25, -0.2) is 4.39 Å². The molecule has 0 N–H and O–H groups in total. The molecule has 1 aliphatic heterocycles. The van der Waals surface area contributed by atoms with Crippen molar-refractivity contribution in [2.45, 2.75) is 25.2 Å². The number of nitrogens with zero attached hydrogens (tertiary/aromatic N) is 3. The molecule has 4 nitrogen and oxygen atoms in total. The molecule has 3 rings (SSSR count). The van der Waals surface area contributed by atoms with Crippen molar-refractivity contribution in [2.75, 3.05) is 19.6 Å². The zero-order chi connectivity index (χ0) is 13.9. The number of piperidine rings is 1. The van der Waals surface area contributed by atoms with Crippen molar-refractivity contribution in [3.63, 3.8) is 0 Å². The zero-order valence-corrected chi connectivity index (χ0v) is 11.2. The normalized spacial score (nSPS) is 17.4. The van der Waals surface area contributed by atoms with E-state index in [0.717, 1.165) is 43.6 Å². The van der Waals surface area contributed by atoms with Gasteiger partial charge in [0, 0.05) is 30.3 Å². The predicted molar refractivity (Wildman–Crippen MR) is 72.6 cm³/mol. The van der Waals surface area contributed by atoms with Crippen molar-refractivity contribution in [3.8, 4) is 6.07 Å². The highest BCUT2D eigenvalue weighted by atomic mass is 19.1. The highest BCUT2D eigenvalue weighted by molar-refractivity contribution is 5.79. The Hall–Kier alpha value is -1.93. The van der Waals surface area contributed by atoms with Crippen molar-refractivity contribution >= 4 is 11.0 Å². The van der Waals surface area contributed by atoms with Crippen LogP contribution in [-0.4, -0.2) is 29.7 Å². The summed E-state index contributed by atoms with van der Waals surface area (Å²) in [7, 11) is 0. The maximum Gasteiger partial charge on any atom is 0.170 e. The van der Waals surface area contributed by atoms with Crippen LogP contribution in [0.15, 0.2) is 22.7 Å². The highest BCUT2D eigenvalue weighted by Crippen LogP contribution is 2.32. The Kier molecular flexibility index (Phi) is 3.66. The van der Waals surface area contributed by atoms with Gasteiger partial charge in [0.05, 0.1) is 11.8 Å². The van der Waals surface area contributed by atoms with Crippen molar-refractivity contribution in [2.24, 2.45) is 0 Å². The number of hydrogen-bond acceptors (Lipinski definition) is 4. The van der Waals surface area contributed by atoms with Crippen LogP contribution < -0.4 is 0 Å². The molecule has 2 heterocycles. The molecule has 0 bridgehead atoms. The third kappa shape index (κ3) is 2.52. The van der Waals surface area contributed by atoms with Crippen LogP contribution in [0.4, 0.5) is 4.39 Å². The first kappa shape index (κ1) is 13.1. The third-order valence-corrected chi connectivity index (χ3v) is 3.98. The summed E-state index contributed by atoms with van der Waals surface area (Å²) in [6, 6.07) is 6.76. The van der Waals surface area contributed by atoms with E-state index in [1.165, 1.54) is 12.1 Å². The maximum absolute atomic E-state index is 13.1. The van der Waals surface area contributed by atoms with Crippen LogP contribution >= 0.6 is 0 Å². The third-order valence-electron chi connectivity index (χ3n) is 3.98. The molecule has 1 saturated heterocycles. The lowest BCUT2D eigenvalue weighted by Gasteiger charge is -2.30. The van der Waals surface area contributed by atoms with Crippen LogP contribution in [0.25, 0.3) is 11.0 Å². The van der Waals surface area contributed by atoms with Gasteiger partial charge in [-0.2, -0.15) is 5.26 Å². The summed E-state index contributed by atoms with van der Waals surface area (Å²) in [6.45, 7) is 2.79. The second kappa shape index (κ2) is 5.59. The molecular weight excluding hydrogens is 257 g/mol. The molecule has 0 saturated carbocycles. The zero-order valence-electron chi connectivity index (χ0n) is 11.2. The SMILES string of the molecule is N#CCCN1CCC(c2noc3cc(F)ccc23)CC1. The van der Waals surface area contributed by atoms with E-state index in [0.29, 0.717) is 17.9 Å². The molecule has 104 valence electrons. The summed E-state index contributed by atoms with van der Waals surface area (Å²) < 4.78 is 18.4. The second-order valence-electron chi connectivity index (χ2n) is 5.23. The molecule has 1 aromatic heterocycles. The minimum Gasteiger partial charge on any atom is -0.356 e. The van der Waals surface area contributed by atoms with Crippen LogP contribution in [0.3, 0.4) is 0 Å². The Morgan fingerprint density at radius 3 is 2.95 bits per heavy atom. The predicted octanol–water partition coefficient (Wildman–Crippen LogP) is 3.06. The van der Waals surface area contributed by atoms with Crippen LogP contribution in [0, 0.1) is 17.1 Å². The van der Waals surface area contributed by atoms with E-state index in [9.17, 15) is 4.39 Å². The summed E-state index contributed by atoms with van der Waals surface area (Å²) in [5.41, 5.74) is 1.46. The first-order chi connectivity index (χ1) is 9.78. The quantitative estimate of drug-likeness (QED) is 0.862. The van der Waals surface area contributed by atoms with Crippen LogP contribution in [0.2, 0.25) is 0 Å². The van der Waals surface area contributed by atoms with Crippen molar-refractivity contribution in [1.29, 1.82) is 5.26 Å². The van der Waals surface area contributed by atoms with Crippen molar-refractivity contribution in [3.05, 3.63) is 29.7 Å². The topological polar surface area (TPSA) is 53.1 Å². The Bertz CT molecular complexity index is 638. The molecule has 1 aliphatic rings. The standard InChI is InChI=1S/C15H16FN3O/c16-12-2-3-13-14(10-12)20-18-15(13)11-4-8-19(9-5-11)7-1-6-17/h2-3,10-11H,1,4-5,7-9H2. The summed E-state index contributed by atoms with van der Waals surface area (Å²) in [5, 5.41) is 13.7. The summed E-state index contributed by atoms with van der Waals surface area (Å²) in [6.07, 6.45) is 2.59. The Labute approximate surface area is 116 Å². The Morgan fingerprint density at radius 2 is 2.20 bits per heavy atom. The molecular formula is C15H16FN3O. The van der Waals surface area contributed by atoms with E-state index in [1.54, 1.807) is 6.07 Å².